The number of aliphatic hydroxyl groups is 2. The summed E-state index contributed by atoms with van der Waals surface area (Å²) in [5, 5.41) is 42.8. The predicted molar refractivity (Wildman–Crippen MR) is 86.3 cm³/mol. The first-order valence-corrected chi connectivity index (χ1v) is 7.82. The summed E-state index contributed by atoms with van der Waals surface area (Å²) in [5.41, 5.74) is -1.17. The van der Waals surface area contributed by atoms with Crippen molar-refractivity contribution in [1.29, 1.82) is 0 Å². The number of fused-ring (bicyclic) bond motifs is 4. The first-order valence-electron chi connectivity index (χ1n) is 7.82. The molecule has 2 aromatic rings. The van der Waals surface area contributed by atoms with E-state index in [1.165, 1.54) is 13.2 Å². The number of hydrogen-bond acceptors (Lipinski definition) is 7. The average Bonchev–Trinajstić information content (AvgIpc) is 2.60. The molecule has 132 valence electrons. The fourth-order valence-electron chi connectivity index (χ4n) is 3.59. The van der Waals surface area contributed by atoms with Gasteiger partial charge in [-0.3, -0.25) is 0 Å². The Labute approximate surface area is 143 Å². The summed E-state index contributed by atoms with van der Waals surface area (Å²) in [5.74, 6) is 0.370. The van der Waals surface area contributed by atoms with Crippen LogP contribution in [0.25, 0.3) is 0 Å². The van der Waals surface area contributed by atoms with Gasteiger partial charge >= 0.3 is 0 Å². The van der Waals surface area contributed by atoms with Crippen LogP contribution in [0.15, 0.2) is 24.3 Å². The Kier molecular flexibility index (Phi) is 3.28. The highest BCUT2D eigenvalue weighted by Crippen LogP contribution is 2.56. The lowest BCUT2D eigenvalue weighted by molar-refractivity contribution is -0.180. The summed E-state index contributed by atoms with van der Waals surface area (Å²) in [6, 6.07) is 6.08. The third-order valence-electron chi connectivity index (χ3n) is 4.98. The molecular formula is C18H18O7. The molecular weight excluding hydrogens is 328 g/mol. The van der Waals surface area contributed by atoms with Gasteiger partial charge in [0.05, 0.1) is 12.7 Å². The second-order valence-electron chi connectivity index (χ2n) is 6.26. The van der Waals surface area contributed by atoms with E-state index in [0.717, 1.165) is 0 Å². The highest BCUT2D eigenvalue weighted by Gasteiger charge is 2.56. The van der Waals surface area contributed by atoms with Crippen LogP contribution in [-0.2, 0) is 5.60 Å². The Hall–Kier alpha value is -2.64. The third-order valence-corrected chi connectivity index (χ3v) is 4.98. The highest BCUT2D eigenvalue weighted by molar-refractivity contribution is 5.61. The van der Waals surface area contributed by atoms with Crippen LogP contribution >= 0.6 is 0 Å². The molecule has 0 aliphatic carbocycles. The van der Waals surface area contributed by atoms with Crippen molar-refractivity contribution in [2.24, 2.45) is 0 Å². The Bertz CT molecular complexity index is 863. The molecule has 0 amide bonds. The van der Waals surface area contributed by atoms with Crippen LogP contribution < -0.4 is 14.2 Å². The van der Waals surface area contributed by atoms with Crippen LogP contribution in [-0.4, -0.2) is 40.2 Å². The van der Waals surface area contributed by atoms with Crippen LogP contribution in [0.5, 0.6) is 28.7 Å². The molecule has 2 aliphatic heterocycles. The summed E-state index contributed by atoms with van der Waals surface area (Å²) in [6.07, 6.45) is -2.40. The topological polar surface area (TPSA) is 109 Å². The molecule has 0 unspecified atom stereocenters. The van der Waals surface area contributed by atoms with Gasteiger partial charge in [0, 0.05) is 17.2 Å². The van der Waals surface area contributed by atoms with Crippen molar-refractivity contribution in [3.05, 3.63) is 41.0 Å². The first kappa shape index (κ1) is 15.9. The number of phenols is 2. The molecule has 2 heterocycles. The van der Waals surface area contributed by atoms with Gasteiger partial charge < -0.3 is 34.6 Å². The van der Waals surface area contributed by atoms with Crippen molar-refractivity contribution in [1.82, 2.24) is 0 Å². The van der Waals surface area contributed by atoms with Crippen LogP contribution in [0, 0.1) is 6.92 Å². The van der Waals surface area contributed by atoms with Crippen molar-refractivity contribution in [2.75, 3.05) is 13.7 Å². The number of aromatic hydroxyl groups is 2. The predicted octanol–water partition coefficient (Wildman–Crippen LogP) is 1.49. The zero-order valence-corrected chi connectivity index (χ0v) is 13.7. The molecule has 0 aromatic heterocycles. The van der Waals surface area contributed by atoms with Crippen LogP contribution in [0.1, 0.15) is 22.8 Å². The number of phenolic OH excluding ortho intramolecular Hbond substituents is 2. The molecule has 7 heteroatoms. The third kappa shape index (κ3) is 1.93. The molecule has 0 radical (unpaired) electrons. The van der Waals surface area contributed by atoms with Gasteiger partial charge in [-0.05, 0) is 13.0 Å². The van der Waals surface area contributed by atoms with Gasteiger partial charge in [-0.25, -0.2) is 0 Å². The van der Waals surface area contributed by atoms with Gasteiger partial charge in [-0.15, -0.1) is 0 Å². The second kappa shape index (κ2) is 5.18. The fraction of sp³-hybridized carbons (Fsp3) is 0.333. The number of ether oxygens (including phenoxy) is 3. The maximum Gasteiger partial charge on any atom is 0.168 e. The maximum atomic E-state index is 11.3. The molecule has 7 nitrogen and oxygen atoms in total. The number of methoxy groups -OCH3 is 1. The molecule has 0 bridgehead atoms. The monoisotopic (exact) mass is 346 g/mol. The largest absolute Gasteiger partial charge is 0.507 e. The van der Waals surface area contributed by atoms with Gasteiger partial charge in [-0.2, -0.15) is 0 Å². The van der Waals surface area contributed by atoms with E-state index >= 15 is 0 Å². The van der Waals surface area contributed by atoms with E-state index < -0.39 is 17.8 Å². The van der Waals surface area contributed by atoms with E-state index in [4.69, 9.17) is 14.2 Å². The zero-order chi connectivity index (χ0) is 17.9. The SMILES string of the molecule is COc1cc2c(c(O)c1C)[C@@H](O)[C@]1(O)c3cccc(O)c3OC[C@H]1O2. The molecule has 3 atom stereocenters. The maximum absolute atomic E-state index is 11.3. The molecule has 25 heavy (non-hydrogen) atoms. The van der Waals surface area contributed by atoms with Crippen LogP contribution in [0.3, 0.4) is 0 Å². The molecule has 0 fully saturated rings. The number of rotatable bonds is 1. The highest BCUT2D eigenvalue weighted by atomic mass is 16.6. The average molecular weight is 346 g/mol. The lowest BCUT2D eigenvalue weighted by Crippen LogP contribution is -2.55. The summed E-state index contributed by atoms with van der Waals surface area (Å²) in [7, 11) is 1.46. The molecule has 2 aromatic carbocycles. The first-order chi connectivity index (χ1) is 11.9. The second-order valence-corrected chi connectivity index (χ2v) is 6.26. The summed E-state index contributed by atoms with van der Waals surface area (Å²) in [4.78, 5) is 0. The molecule has 0 saturated heterocycles. The Morgan fingerprint density at radius 3 is 2.76 bits per heavy atom. The fourth-order valence-corrected chi connectivity index (χ4v) is 3.59. The summed E-state index contributed by atoms with van der Waals surface area (Å²) in [6.45, 7) is 1.57. The number of aliphatic hydroxyl groups excluding tert-OH is 1. The van der Waals surface area contributed by atoms with E-state index in [9.17, 15) is 20.4 Å². The van der Waals surface area contributed by atoms with Crippen LogP contribution in [0.4, 0.5) is 0 Å². The van der Waals surface area contributed by atoms with Gasteiger partial charge in [0.1, 0.15) is 30.0 Å². The standard InChI is InChI=1S/C18H18O7/c1-8-11(23-2)6-12-14(15(8)20)17(21)18(22)9-4-3-5-10(19)16(9)24-7-13(18)25-12/h3-6,13,17,19-22H,7H2,1-2H3/t13-,17-,18+/m1/s1. The number of benzene rings is 2. The quantitative estimate of drug-likeness (QED) is 0.619. The lowest BCUT2D eigenvalue weighted by atomic mass is 9.76. The summed E-state index contributed by atoms with van der Waals surface area (Å²) < 4.78 is 16.6. The number of para-hydroxylation sites is 1. The molecule has 0 saturated carbocycles. The normalized spacial score (nSPS) is 26.6. The van der Waals surface area contributed by atoms with E-state index in [2.05, 4.69) is 0 Å². The molecule has 2 aliphatic rings. The smallest absolute Gasteiger partial charge is 0.168 e. The van der Waals surface area contributed by atoms with Crippen molar-refractivity contribution in [3.63, 3.8) is 0 Å². The van der Waals surface area contributed by atoms with Gasteiger partial charge in [0.15, 0.2) is 23.2 Å². The minimum atomic E-state index is -1.88. The van der Waals surface area contributed by atoms with E-state index in [1.807, 2.05) is 0 Å². The zero-order valence-electron chi connectivity index (χ0n) is 13.7. The lowest BCUT2D eigenvalue weighted by Gasteiger charge is -2.47. The van der Waals surface area contributed by atoms with E-state index in [1.54, 1.807) is 25.1 Å². The summed E-state index contributed by atoms with van der Waals surface area (Å²) >= 11 is 0. The minimum absolute atomic E-state index is 0.0749. The van der Waals surface area contributed by atoms with Gasteiger partial charge in [0.2, 0.25) is 0 Å². The minimum Gasteiger partial charge on any atom is -0.507 e. The van der Waals surface area contributed by atoms with Crippen molar-refractivity contribution in [2.45, 2.75) is 24.7 Å². The van der Waals surface area contributed by atoms with Gasteiger partial charge in [0.25, 0.3) is 0 Å². The van der Waals surface area contributed by atoms with E-state index in [0.29, 0.717) is 11.3 Å². The van der Waals surface area contributed by atoms with Crippen LogP contribution in [0.2, 0.25) is 0 Å². The Morgan fingerprint density at radius 1 is 1.28 bits per heavy atom. The van der Waals surface area contributed by atoms with E-state index in [-0.39, 0.29) is 40.7 Å². The molecule has 4 rings (SSSR count). The Balaban J connectivity index is 1.94. The van der Waals surface area contributed by atoms with Crippen molar-refractivity contribution in [3.8, 4) is 28.7 Å². The van der Waals surface area contributed by atoms with Crippen molar-refractivity contribution >= 4 is 0 Å². The van der Waals surface area contributed by atoms with Gasteiger partial charge in [-0.1, -0.05) is 12.1 Å². The number of hydrogen-bond donors (Lipinski definition) is 4. The Morgan fingerprint density at radius 2 is 2.04 bits per heavy atom. The molecule has 0 spiro atoms. The molecule has 4 N–H and O–H groups in total. The van der Waals surface area contributed by atoms with Crippen molar-refractivity contribution < 1.29 is 34.6 Å².